The van der Waals surface area contributed by atoms with Gasteiger partial charge in [0.25, 0.3) is 0 Å². The van der Waals surface area contributed by atoms with Gasteiger partial charge in [0, 0.05) is 24.3 Å². The molecule has 7 heteroatoms. The van der Waals surface area contributed by atoms with E-state index in [4.69, 9.17) is 0 Å². The second-order valence-corrected chi connectivity index (χ2v) is 5.35. The minimum Gasteiger partial charge on any atom is -0.328 e. The van der Waals surface area contributed by atoms with Crippen molar-refractivity contribution in [3.05, 3.63) is 66.6 Å². The highest BCUT2D eigenvalue weighted by molar-refractivity contribution is 5.99. The van der Waals surface area contributed by atoms with E-state index in [0.717, 1.165) is 11.4 Å². The third kappa shape index (κ3) is 3.57. The molecule has 0 saturated heterocycles. The largest absolute Gasteiger partial charge is 0.328 e. The monoisotopic (exact) mass is 322 g/mol. The van der Waals surface area contributed by atoms with E-state index >= 15 is 0 Å². The number of amides is 2. The molecule has 0 spiro atoms. The molecule has 2 heterocycles. The third-order valence-corrected chi connectivity index (χ3v) is 3.75. The topological polar surface area (TPSA) is 84.7 Å². The highest BCUT2D eigenvalue weighted by Gasteiger charge is 2.10. The van der Waals surface area contributed by atoms with E-state index in [1.54, 1.807) is 18.5 Å². The fraction of sp³-hybridized carbons (Fsp3) is 0.176. The number of anilines is 2. The van der Waals surface area contributed by atoms with Crippen molar-refractivity contribution >= 4 is 17.5 Å². The van der Waals surface area contributed by atoms with E-state index in [1.165, 1.54) is 6.33 Å². The van der Waals surface area contributed by atoms with Crippen LogP contribution in [-0.2, 0) is 0 Å². The second kappa shape index (κ2) is 6.91. The fourth-order valence-corrected chi connectivity index (χ4v) is 2.45. The number of imidazole rings is 1. The first kappa shape index (κ1) is 15.7. The lowest BCUT2D eigenvalue weighted by Crippen LogP contribution is -2.20. The second-order valence-electron chi connectivity index (χ2n) is 5.35. The average molecular weight is 322 g/mol. The Morgan fingerprint density at radius 1 is 1.08 bits per heavy atom. The smallest absolute Gasteiger partial charge is 0.324 e. The lowest BCUT2D eigenvalue weighted by molar-refractivity contribution is 0.262. The normalized spacial score (nSPS) is 11.8. The van der Waals surface area contributed by atoms with Crippen LogP contribution in [0.5, 0.6) is 0 Å². The summed E-state index contributed by atoms with van der Waals surface area (Å²) in [5.41, 5.74) is 1.85. The predicted octanol–water partition coefficient (Wildman–Crippen LogP) is 3.23. The van der Waals surface area contributed by atoms with Crippen molar-refractivity contribution in [3.8, 4) is 0 Å². The highest BCUT2D eigenvalue weighted by atomic mass is 16.2. The Labute approximate surface area is 139 Å². The molecule has 0 aliphatic carbocycles. The van der Waals surface area contributed by atoms with Crippen LogP contribution in [0, 0.1) is 6.92 Å². The van der Waals surface area contributed by atoms with Gasteiger partial charge in [-0.05, 0) is 37.6 Å². The molecule has 122 valence electrons. The molecule has 3 rings (SSSR count). The van der Waals surface area contributed by atoms with Crippen LogP contribution in [0.3, 0.4) is 0 Å². The molecule has 24 heavy (non-hydrogen) atoms. The number of nitrogens with one attached hydrogen (secondary N) is 2. The predicted molar refractivity (Wildman–Crippen MR) is 91.9 cm³/mol. The zero-order valence-electron chi connectivity index (χ0n) is 13.5. The number of aromatic nitrogens is 4. The van der Waals surface area contributed by atoms with Gasteiger partial charge in [0.05, 0.1) is 6.04 Å². The molecule has 0 fully saturated rings. The van der Waals surface area contributed by atoms with E-state index < -0.39 is 0 Å². The molecule has 0 unspecified atom stereocenters. The number of nitrogens with zero attached hydrogens (tertiary/aromatic N) is 4. The summed E-state index contributed by atoms with van der Waals surface area (Å²) in [5, 5.41) is 5.42. The maximum absolute atomic E-state index is 11.9. The molecule has 2 amide bonds. The molecule has 0 radical (unpaired) electrons. The maximum atomic E-state index is 11.9. The van der Waals surface area contributed by atoms with Crippen LogP contribution in [0.25, 0.3) is 0 Å². The lowest BCUT2D eigenvalue weighted by atomic mass is 10.1. The third-order valence-electron chi connectivity index (χ3n) is 3.75. The molecule has 0 aliphatic rings. The Hall–Kier alpha value is -3.22. The summed E-state index contributed by atoms with van der Waals surface area (Å²) >= 11 is 0. The van der Waals surface area contributed by atoms with Crippen LogP contribution >= 0.6 is 0 Å². The number of aryl methyl sites for hydroxylation is 1. The molecule has 0 bridgehead atoms. The summed E-state index contributed by atoms with van der Waals surface area (Å²) in [4.78, 5) is 23.9. The Bertz CT molecular complexity index is 813. The summed E-state index contributed by atoms with van der Waals surface area (Å²) < 4.78 is 2.10. The van der Waals surface area contributed by atoms with Gasteiger partial charge in [-0.2, -0.15) is 0 Å². The highest BCUT2D eigenvalue weighted by Crippen LogP contribution is 2.21. The van der Waals surface area contributed by atoms with E-state index in [1.807, 2.05) is 37.4 Å². The summed E-state index contributed by atoms with van der Waals surface area (Å²) in [6, 6.07) is 9.18. The molecule has 0 aliphatic heterocycles. The molecule has 0 saturated carbocycles. The van der Waals surface area contributed by atoms with Gasteiger partial charge in [0.2, 0.25) is 0 Å². The SMILES string of the molecule is Cc1nccn1[C@@H](C)c1ccc(NC(=O)Nc2ccncn2)cc1. The van der Waals surface area contributed by atoms with Crippen LogP contribution < -0.4 is 10.6 Å². The number of hydrogen-bond donors (Lipinski definition) is 2. The minimum absolute atomic E-state index is 0.177. The van der Waals surface area contributed by atoms with E-state index in [0.29, 0.717) is 11.5 Å². The first-order chi connectivity index (χ1) is 11.6. The molecular formula is C17H18N6O. The van der Waals surface area contributed by atoms with Crippen molar-refractivity contribution in [3.63, 3.8) is 0 Å². The van der Waals surface area contributed by atoms with Crippen LogP contribution in [0.15, 0.2) is 55.2 Å². The number of carbonyl (C=O) groups excluding carboxylic acids is 1. The maximum Gasteiger partial charge on any atom is 0.324 e. The Balaban J connectivity index is 1.64. The van der Waals surface area contributed by atoms with Gasteiger partial charge in [0.1, 0.15) is 18.0 Å². The molecule has 1 aromatic carbocycles. The zero-order valence-corrected chi connectivity index (χ0v) is 13.5. The number of carbonyl (C=O) groups is 1. The number of hydrogen-bond acceptors (Lipinski definition) is 4. The van der Waals surface area contributed by atoms with Gasteiger partial charge in [-0.3, -0.25) is 5.32 Å². The minimum atomic E-state index is -0.347. The number of urea groups is 1. The quantitative estimate of drug-likeness (QED) is 0.772. The van der Waals surface area contributed by atoms with Crippen LogP contribution in [-0.4, -0.2) is 25.6 Å². The molecule has 2 N–H and O–H groups in total. The van der Waals surface area contributed by atoms with E-state index in [-0.39, 0.29) is 12.1 Å². The standard InChI is InChI=1S/C17H18N6O/c1-12(23-10-9-19-13(23)2)14-3-5-15(6-4-14)21-17(24)22-16-7-8-18-11-20-16/h3-12H,1-2H3,(H2,18,20,21,22,24)/t12-/m0/s1. The molecule has 1 atom stereocenters. The molecular weight excluding hydrogens is 304 g/mol. The van der Waals surface area contributed by atoms with Gasteiger partial charge < -0.3 is 9.88 Å². The fourth-order valence-electron chi connectivity index (χ4n) is 2.45. The van der Waals surface area contributed by atoms with Crippen molar-refractivity contribution < 1.29 is 4.79 Å². The van der Waals surface area contributed by atoms with Gasteiger partial charge in [-0.25, -0.2) is 19.7 Å². The average Bonchev–Trinajstić information content (AvgIpc) is 3.02. The van der Waals surface area contributed by atoms with E-state index in [2.05, 4.69) is 37.1 Å². The van der Waals surface area contributed by atoms with Gasteiger partial charge >= 0.3 is 6.03 Å². The summed E-state index contributed by atoms with van der Waals surface area (Å²) in [6.07, 6.45) is 6.70. The Kier molecular flexibility index (Phi) is 4.51. The summed E-state index contributed by atoms with van der Waals surface area (Å²) in [5.74, 6) is 1.41. The van der Waals surface area contributed by atoms with Crippen LogP contribution in [0.2, 0.25) is 0 Å². The number of rotatable bonds is 4. The Morgan fingerprint density at radius 2 is 1.88 bits per heavy atom. The van der Waals surface area contributed by atoms with Gasteiger partial charge in [-0.15, -0.1) is 0 Å². The van der Waals surface area contributed by atoms with Crippen LogP contribution in [0.4, 0.5) is 16.3 Å². The van der Waals surface area contributed by atoms with Gasteiger partial charge in [-0.1, -0.05) is 12.1 Å². The van der Waals surface area contributed by atoms with Crippen molar-refractivity contribution in [2.75, 3.05) is 10.6 Å². The van der Waals surface area contributed by atoms with Crippen molar-refractivity contribution in [1.82, 2.24) is 19.5 Å². The first-order valence-corrected chi connectivity index (χ1v) is 7.57. The zero-order chi connectivity index (χ0) is 16.9. The van der Waals surface area contributed by atoms with E-state index in [9.17, 15) is 4.79 Å². The lowest BCUT2D eigenvalue weighted by Gasteiger charge is -2.16. The summed E-state index contributed by atoms with van der Waals surface area (Å²) in [7, 11) is 0. The summed E-state index contributed by atoms with van der Waals surface area (Å²) in [6.45, 7) is 4.09. The molecule has 2 aromatic heterocycles. The Morgan fingerprint density at radius 3 is 2.50 bits per heavy atom. The first-order valence-electron chi connectivity index (χ1n) is 7.57. The molecule has 7 nitrogen and oxygen atoms in total. The van der Waals surface area contributed by atoms with Gasteiger partial charge in [0.15, 0.2) is 0 Å². The van der Waals surface area contributed by atoms with Crippen LogP contribution in [0.1, 0.15) is 24.4 Å². The number of benzene rings is 1. The van der Waals surface area contributed by atoms with Crippen molar-refractivity contribution in [1.29, 1.82) is 0 Å². The molecule has 3 aromatic rings. The van der Waals surface area contributed by atoms with Crippen molar-refractivity contribution in [2.24, 2.45) is 0 Å². The van der Waals surface area contributed by atoms with Crippen molar-refractivity contribution in [2.45, 2.75) is 19.9 Å².